The number of fused-ring (bicyclic) bond motifs is 2. The van der Waals surface area contributed by atoms with Crippen LogP contribution >= 0.6 is 0 Å². The second-order valence-corrected chi connectivity index (χ2v) is 6.88. The number of carbonyl (C=O) groups excluding carboxylic acids is 1. The number of nitrogens with zero attached hydrogens (tertiary/aromatic N) is 3. The van der Waals surface area contributed by atoms with Gasteiger partial charge < -0.3 is 11.5 Å². The number of nitrogens with two attached hydrogens (primary N) is 2. The summed E-state index contributed by atoms with van der Waals surface area (Å²) in [6, 6.07) is 20.1. The minimum Gasteiger partial charge on any atom is -0.333 e. The number of aldehydes is 1. The molecule has 0 fully saturated rings. The highest BCUT2D eigenvalue weighted by Crippen LogP contribution is 2.36. The van der Waals surface area contributed by atoms with Crippen molar-refractivity contribution in [2.75, 3.05) is 7.05 Å². The summed E-state index contributed by atoms with van der Waals surface area (Å²) < 4.78 is 1.76. The van der Waals surface area contributed by atoms with Crippen molar-refractivity contribution in [2.45, 2.75) is 18.9 Å². The molecule has 1 atom stereocenters. The summed E-state index contributed by atoms with van der Waals surface area (Å²) in [5, 5.41) is 4.47. The molecular formula is C23H23N5O. The van der Waals surface area contributed by atoms with Crippen molar-refractivity contribution >= 4 is 11.9 Å². The molecule has 2 aromatic carbocycles. The Labute approximate surface area is 169 Å². The Morgan fingerprint density at radius 1 is 1.03 bits per heavy atom. The Bertz CT molecular complexity index is 1170. The zero-order chi connectivity index (χ0) is 20.4. The number of aromatic nitrogens is 3. The SMILES string of the molecule is CN.NC1CCc2cc(-c3nc4ccc(C=O)nn4c3-c3ccccc3)ccc21. The average Bonchev–Trinajstić information content (AvgIpc) is 3.35. The third kappa shape index (κ3) is 3.33. The van der Waals surface area contributed by atoms with E-state index in [1.165, 1.54) is 18.2 Å². The third-order valence-electron chi connectivity index (χ3n) is 5.21. The summed E-state index contributed by atoms with van der Waals surface area (Å²) in [5.41, 5.74) is 18.1. The maximum absolute atomic E-state index is 11.2. The first-order valence-electron chi connectivity index (χ1n) is 9.61. The van der Waals surface area contributed by atoms with Gasteiger partial charge in [0.25, 0.3) is 0 Å². The highest BCUT2D eigenvalue weighted by molar-refractivity contribution is 5.82. The van der Waals surface area contributed by atoms with Crippen molar-refractivity contribution in [1.82, 2.24) is 14.6 Å². The van der Waals surface area contributed by atoms with Gasteiger partial charge in [0.1, 0.15) is 11.4 Å². The fourth-order valence-corrected chi connectivity index (χ4v) is 3.86. The van der Waals surface area contributed by atoms with Crippen molar-refractivity contribution in [3.63, 3.8) is 0 Å². The first-order chi connectivity index (χ1) is 14.2. The number of carbonyl (C=O) groups is 1. The summed E-state index contributed by atoms with van der Waals surface area (Å²) in [7, 11) is 1.50. The number of imidazole rings is 1. The Morgan fingerprint density at radius 3 is 2.59 bits per heavy atom. The highest BCUT2D eigenvalue weighted by Gasteiger charge is 2.22. The van der Waals surface area contributed by atoms with Crippen LogP contribution in [-0.4, -0.2) is 27.9 Å². The molecule has 29 heavy (non-hydrogen) atoms. The summed E-state index contributed by atoms with van der Waals surface area (Å²) >= 11 is 0. The first kappa shape index (κ1) is 19.0. The Balaban J connectivity index is 0.000000994. The van der Waals surface area contributed by atoms with Gasteiger partial charge in [-0.2, -0.15) is 5.10 Å². The van der Waals surface area contributed by atoms with Crippen LogP contribution in [0.4, 0.5) is 0 Å². The van der Waals surface area contributed by atoms with Crippen molar-refractivity contribution in [3.05, 3.63) is 77.5 Å². The molecule has 5 rings (SSSR count). The van der Waals surface area contributed by atoms with E-state index in [2.05, 4.69) is 29.0 Å². The van der Waals surface area contributed by atoms with E-state index in [9.17, 15) is 4.79 Å². The molecule has 0 bridgehead atoms. The number of hydrogen-bond donors (Lipinski definition) is 2. The lowest BCUT2D eigenvalue weighted by atomic mass is 10.0. The fraction of sp³-hybridized carbons (Fsp3) is 0.174. The normalized spacial score (nSPS) is 14.9. The van der Waals surface area contributed by atoms with Gasteiger partial charge in [0, 0.05) is 17.2 Å². The van der Waals surface area contributed by atoms with Crippen molar-refractivity contribution in [3.8, 4) is 22.5 Å². The van der Waals surface area contributed by atoms with Crippen LogP contribution in [0, 0.1) is 0 Å². The van der Waals surface area contributed by atoms with Crippen LogP contribution in [0.5, 0.6) is 0 Å². The van der Waals surface area contributed by atoms with Gasteiger partial charge in [0.05, 0.1) is 5.69 Å². The summed E-state index contributed by atoms with van der Waals surface area (Å²) in [4.78, 5) is 16.1. The van der Waals surface area contributed by atoms with E-state index in [-0.39, 0.29) is 6.04 Å². The van der Waals surface area contributed by atoms with Gasteiger partial charge in [-0.05, 0) is 49.2 Å². The molecule has 0 spiro atoms. The number of aryl methyl sites for hydroxylation is 1. The Hall–Kier alpha value is -3.35. The maximum Gasteiger partial charge on any atom is 0.170 e. The molecule has 0 saturated heterocycles. The number of hydrogen-bond acceptors (Lipinski definition) is 5. The zero-order valence-electron chi connectivity index (χ0n) is 16.2. The van der Waals surface area contributed by atoms with E-state index in [0.29, 0.717) is 11.3 Å². The highest BCUT2D eigenvalue weighted by atomic mass is 16.1. The maximum atomic E-state index is 11.2. The van der Waals surface area contributed by atoms with Gasteiger partial charge in [-0.1, -0.05) is 42.5 Å². The second-order valence-electron chi connectivity index (χ2n) is 6.88. The quantitative estimate of drug-likeness (QED) is 0.527. The molecule has 4 aromatic rings. The second kappa shape index (κ2) is 7.95. The average molecular weight is 385 g/mol. The van der Waals surface area contributed by atoms with E-state index in [1.54, 1.807) is 10.6 Å². The van der Waals surface area contributed by atoms with Crippen molar-refractivity contribution in [1.29, 1.82) is 0 Å². The van der Waals surface area contributed by atoms with Crippen LogP contribution < -0.4 is 11.5 Å². The van der Waals surface area contributed by atoms with E-state index in [0.717, 1.165) is 41.6 Å². The van der Waals surface area contributed by atoms with Gasteiger partial charge in [-0.25, -0.2) is 9.50 Å². The zero-order valence-corrected chi connectivity index (χ0v) is 16.2. The lowest BCUT2D eigenvalue weighted by Crippen LogP contribution is -2.04. The molecule has 6 heteroatoms. The minimum absolute atomic E-state index is 0.125. The molecule has 0 radical (unpaired) electrons. The number of rotatable bonds is 3. The molecule has 1 aliphatic carbocycles. The summed E-state index contributed by atoms with van der Waals surface area (Å²) in [5.74, 6) is 0. The van der Waals surface area contributed by atoms with Gasteiger partial charge in [0.15, 0.2) is 11.9 Å². The lowest BCUT2D eigenvalue weighted by molar-refractivity contribution is 0.111. The van der Waals surface area contributed by atoms with Crippen LogP contribution in [0.3, 0.4) is 0 Å². The predicted octanol–water partition coefficient (Wildman–Crippen LogP) is 3.40. The van der Waals surface area contributed by atoms with Crippen LogP contribution in [-0.2, 0) is 6.42 Å². The molecule has 1 aliphatic rings. The molecule has 6 nitrogen and oxygen atoms in total. The van der Waals surface area contributed by atoms with Gasteiger partial charge in [-0.3, -0.25) is 4.79 Å². The molecular weight excluding hydrogens is 362 g/mol. The Morgan fingerprint density at radius 2 is 1.83 bits per heavy atom. The topological polar surface area (TPSA) is 99.3 Å². The molecule has 0 saturated carbocycles. The largest absolute Gasteiger partial charge is 0.333 e. The van der Waals surface area contributed by atoms with E-state index < -0.39 is 0 Å². The van der Waals surface area contributed by atoms with Crippen molar-refractivity contribution in [2.24, 2.45) is 11.5 Å². The van der Waals surface area contributed by atoms with Crippen molar-refractivity contribution < 1.29 is 4.79 Å². The van der Waals surface area contributed by atoms with E-state index in [1.807, 2.05) is 36.4 Å². The van der Waals surface area contributed by atoms with Crippen LogP contribution in [0.2, 0.25) is 0 Å². The van der Waals surface area contributed by atoms with Gasteiger partial charge in [-0.15, -0.1) is 0 Å². The molecule has 1 unspecified atom stereocenters. The molecule has 146 valence electrons. The predicted molar refractivity (Wildman–Crippen MR) is 115 cm³/mol. The molecule has 0 aliphatic heterocycles. The van der Waals surface area contributed by atoms with E-state index >= 15 is 0 Å². The molecule has 2 aromatic heterocycles. The lowest BCUT2D eigenvalue weighted by Gasteiger charge is -2.08. The minimum atomic E-state index is 0.125. The van der Waals surface area contributed by atoms with Crippen LogP contribution in [0.1, 0.15) is 34.1 Å². The summed E-state index contributed by atoms with van der Waals surface area (Å²) in [6.07, 6.45) is 2.73. The van der Waals surface area contributed by atoms with E-state index in [4.69, 9.17) is 10.7 Å². The van der Waals surface area contributed by atoms with Crippen LogP contribution in [0.15, 0.2) is 60.7 Å². The fourth-order valence-electron chi connectivity index (χ4n) is 3.86. The van der Waals surface area contributed by atoms with Crippen LogP contribution in [0.25, 0.3) is 28.2 Å². The first-order valence-corrected chi connectivity index (χ1v) is 9.61. The van der Waals surface area contributed by atoms with Gasteiger partial charge in [0.2, 0.25) is 0 Å². The van der Waals surface area contributed by atoms with Gasteiger partial charge >= 0.3 is 0 Å². The number of benzene rings is 2. The Kier molecular flexibility index (Phi) is 5.20. The summed E-state index contributed by atoms with van der Waals surface area (Å²) in [6.45, 7) is 0. The molecule has 2 heterocycles. The third-order valence-corrected chi connectivity index (χ3v) is 5.21. The molecule has 4 N–H and O–H groups in total. The molecule has 0 amide bonds. The smallest absolute Gasteiger partial charge is 0.170 e. The standard InChI is InChI=1S/C22H18N4O.CH5N/c23-19-10-7-15-12-16(6-9-18(15)19)21-22(14-4-2-1-3-5-14)26-20(24-21)11-8-17(13-27)25-26;1-2/h1-6,8-9,11-13,19H,7,10,23H2;2H2,1H3. The monoisotopic (exact) mass is 385 g/mol.